The van der Waals surface area contributed by atoms with E-state index >= 15 is 0 Å². The van der Waals surface area contributed by atoms with Crippen molar-refractivity contribution in [2.24, 2.45) is 11.7 Å². The summed E-state index contributed by atoms with van der Waals surface area (Å²) < 4.78 is 0. The maximum absolute atomic E-state index is 5.62. The fourth-order valence-corrected chi connectivity index (χ4v) is 2.22. The Kier molecular flexibility index (Phi) is 5.58. The van der Waals surface area contributed by atoms with E-state index < -0.39 is 0 Å². The highest BCUT2D eigenvalue weighted by Crippen LogP contribution is 2.15. The summed E-state index contributed by atoms with van der Waals surface area (Å²) >= 11 is 0. The molecule has 1 aliphatic heterocycles. The van der Waals surface area contributed by atoms with Crippen molar-refractivity contribution < 1.29 is 0 Å². The largest absolute Gasteiger partial charge is 0.330 e. The average Bonchev–Trinajstić information content (AvgIpc) is 2.61. The molecular weight excluding hydrogens is 186 g/mol. The standard InChI is InChI=1S/C12H27N3/c1-11(9-13)6-8-14(2)10-12-5-4-7-15(12)3/h11-12H,4-10,13H2,1-3H3. The number of nitrogens with zero attached hydrogens (tertiary/aromatic N) is 2. The van der Waals surface area contributed by atoms with Crippen LogP contribution in [-0.4, -0.2) is 56.1 Å². The summed E-state index contributed by atoms with van der Waals surface area (Å²) in [5.41, 5.74) is 5.62. The summed E-state index contributed by atoms with van der Waals surface area (Å²) in [5.74, 6) is 0.661. The van der Waals surface area contributed by atoms with E-state index in [0.717, 1.165) is 12.6 Å². The third-order valence-electron chi connectivity index (χ3n) is 3.60. The van der Waals surface area contributed by atoms with Gasteiger partial charge in [-0.1, -0.05) is 6.92 Å². The fraction of sp³-hybridized carbons (Fsp3) is 1.00. The maximum Gasteiger partial charge on any atom is 0.0220 e. The lowest BCUT2D eigenvalue weighted by atomic mass is 10.1. The van der Waals surface area contributed by atoms with Crippen molar-refractivity contribution in [2.45, 2.75) is 32.2 Å². The molecule has 0 saturated carbocycles. The molecule has 1 aliphatic rings. The highest BCUT2D eigenvalue weighted by molar-refractivity contribution is 4.78. The van der Waals surface area contributed by atoms with Crippen molar-refractivity contribution in [3.05, 3.63) is 0 Å². The first kappa shape index (κ1) is 12.9. The summed E-state index contributed by atoms with van der Waals surface area (Å²) in [6.07, 6.45) is 3.96. The summed E-state index contributed by atoms with van der Waals surface area (Å²) in [7, 11) is 4.48. The minimum absolute atomic E-state index is 0.661. The first-order chi connectivity index (χ1) is 7.13. The highest BCUT2D eigenvalue weighted by atomic mass is 15.2. The van der Waals surface area contributed by atoms with Gasteiger partial charge in [-0.2, -0.15) is 0 Å². The molecule has 1 fully saturated rings. The molecule has 1 heterocycles. The lowest BCUT2D eigenvalue weighted by Crippen LogP contribution is -2.37. The van der Waals surface area contributed by atoms with Crippen LogP contribution in [-0.2, 0) is 0 Å². The molecule has 0 bridgehead atoms. The number of rotatable bonds is 6. The monoisotopic (exact) mass is 213 g/mol. The number of hydrogen-bond donors (Lipinski definition) is 1. The minimum Gasteiger partial charge on any atom is -0.330 e. The van der Waals surface area contributed by atoms with Gasteiger partial charge in [-0.3, -0.25) is 0 Å². The summed E-state index contributed by atoms with van der Waals surface area (Å²) in [6.45, 7) is 6.72. The lowest BCUT2D eigenvalue weighted by Gasteiger charge is -2.26. The summed E-state index contributed by atoms with van der Waals surface area (Å²) in [6, 6.07) is 0.781. The molecule has 0 amide bonds. The topological polar surface area (TPSA) is 32.5 Å². The van der Waals surface area contributed by atoms with Crippen molar-refractivity contribution in [1.29, 1.82) is 0 Å². The molecule has 90 valence electrons. The van der Waals surface area contributed by atoms with Crippen LogP contribution in [0, 0.1) is 5.92 Å². The zero-order valence-electron chi connectivity index (χ0n) is 10.6. The molecule has 15 heavy (non-hydrogen) atoms. The third kappa shape index (κ3) is 4.49. The molecule has 0 radical (unpaired) electrons. The second-order valence-corrected chi connectivity index (χ2v) is 5.17. The van der Waals surface area contributed by atoms with Gasteiger partial charge in [-0.15, -0.1) is 0 Å². The molecular formula is C12H27N3. The Balaban J connectivity index is 2.14. The molecule has 0 aliphatic carbocycles. The molecule has 2 unspecified atom stereocenters. The number of likely N-dealkylation sites (tertiary alicyclic amines) is 1. The van der Waals surface area contributed by atoms with E-state index in [1.807, 2.05) is 0 Å². The second-order valence-electron chi connectivity index (χ2n) is 5.17. The summed E-state index contributed by atoms with van der Waals surface area (Å²) in [4.78, 5) is 4.95. The normalized spacial score (nSPS) is 25.0. The van der Waals surface area contributed by atoms with Gasteiger partial charge in [0.2, 0.25) is 0 Å². The van der Waals surface area contributed by atoms with E-state index in [2.05, 4.69) is 30.8 Å². The van der Waals surface area contributed by atoms with E-state index in [1.165, 1.54) is 38.9 Å². The molecule has 3 heteroatoms. The minimum atomic E-state index is 0.661. The molecule has 0 aromatic heterocycles. The molecule has 0 aromatic rings. The highest BCUT2D eigenvalue weighted by Gasteiger charge is 2.21. The maximum atomic E-state index is 5.62. The van der Waals surface area contributed by atoms with Crippen LogP contribution in [0.3, 0.4) is 0 Å². The van der Waals surface area contributed by atoms with Gasteiger partial charge in [0.25, 0.3) is 0 Å². The van der Waals surface area contributed by atoms with E-state index in [4.69, 9.17) is 5.73 Å². The quantitative estimate of drug-likeness (QED) is 0.714. The Labute approximate surface area is 94.6 Å². The Bertz CT molecular complexity index is 172. The van der Waals surface area contributed by atoms with Crippen molar-refractivity contribution in [1.82, 2.24) is 9.80 Å². The summed E-state index contributed by atoms with van der Waals surface area (Å²) in [5, 5.41) is 0. The van der Waals surface area contributed by atoms with E-state index in [9.17, 15) is 0 Å². The van der Waals surface area contributed by atoms with Crippen molar-refractivity contribution >= 4 is 0 Å². The Morgan fingerprint density at radius 2 is 2.27 bits per heavy atom. The van der Waals surface area contributed by atoms with Crippen LogP contribution in [0.1, 0.15) is 26.2 Å². The third-order valence-corrected chi connectivity index (χ3v) is 3.60. The van der Waals surface area contributed by atoms with E-state index in [0.29, 0.717) is 5.92 Å². The van der Waals surface area contributed by atoms with Gasteiger partial charge >= 0.3 is 0 Å². The number of nitrogens with two attached hydrogens (primary N) is 1. The first-order valence-electron chi connectivity index (χ1n) is 6.22. The molecule has 2 atom stereocenters. The predicted molar refractivity (Wildman–Crippen MR) is 66.0 cm³/mol. The Hall–Kier alpha value is -0.120. The smallest absolute Gasteiger partial charge is 0.0220 e. The number of likely N-dealkylation sites (N-methyl/N-ethyl adjacent to an activating group) is 2. The lowest BCUT2D eigenvalue weighted by molar-refractivity contribution is 0.213. The van der Waals surface area contributed by atoms with Gasteiger partial charge in [0, 0.05) is 12.6 Å². The Morgan fingerprint density at radius 3 is 2.80 bits per heavy atom. The van der Waals surface area contributed by atoms with Crippen LogP contribution in [0.5, 0.6) is 0 Å². The van der Waals surface area contributed by atoms with Crippen LogP contribution in [0.25, 0.3) is 0 Å². The van der Waals surface area contributed by atoms with Crippen LogP contribution < -0.4 is 5.73 Å². The van der Waals surface area contributed by atoms with Crippen LogP contribution in [0.4, 0.5) is 0 Å². The van der Waals surface area contributed by atoms with Crippen LogP contribution >= 0.6 is 0 Å². The molecule has 0 spiro atoms. The molecule has 1 rings (SSSR count). The SMILES string of the molecule is CC(CN)CCN(C)CC1CCCN1C. The van der Waals surface area contributed by atoms with Crippen LogP contribution in [0.15, 0.2) is 0 Å². The first-order valence-corrected chi connectivity index (χ1v) is 6.22. The average molecular weight is 213 g/mol. The van der Waals surface area contributed by atoms with Crippen molar-refractivity contribution in [3.8, 4) is 0 Å². The van der Waals surface area contributed by atoms with Crippen LogP contribution in [0.2, 0.25) is 0 Å². The number of hydrogen-bond acceptors (Lipinski definition) is 3. The zero-order chi connectivity index (χ0) is 11.3. The van der Waals surface area contributed by atoms with Gasteiger partial charge in [0.05, 0.1) is 0 Å². The molecule has 0 aromatic carbocycles. The van der Waals surface area contributed by atoms with Gasteiger partial charge < -0.3 is 15.5 Å². The fourth-order valence-electron chi connectivity index (χ4n) is 2.22. The molecule has 3 nitrogen and oxygen atoms in total. The van der Waals surface area contributed by atoms with Crippen molar-refractivity contribution in [2.75, 3.05) is 40.3 Å². The van der Waals surface area contributed by atoms with Gasteiger partial charge in [0.1, 0.15) is 0 Å². The Morgan fingerprint density at radius 1 is 1.53 bits per heavy atom. The van der Waals surface area contributed by atoms with Gasteiger partial charge in [-0.05, 0) is 58.9 Å². The zero-order valence-corrected chi connectivity index (χ0v) is 10.6. The van der Waals surface area contributed by atoms with E-state index in [-0.39, 0.29) is 0 Å². The van der Waals surface area contributed by atoms with E-state index in [1.54, 1.807) is 0 Å². The van der Waals surface area contributed by atoms with Crippen molar-refractivity contribution in [3.63, 3.8) is 0 Å². The van der Waals surface area contributed by atoms with Gasteiger partial charge in [-0.25, -0.2) is 0 Å². The van der Waals surface area contributed by atoms with Gasteiger partial charge in [0.15, 0.2) is 0 Å². The molecule has 2 N–H and O–H groups in total. The molecule has 1 saturated heterocycles. The second kappa shape index (κ2) is 6.46. The predicted octanol–water partition coefficient (Wildman–Crippen LogP) is 0.997.